The molecule has 4 heterocycles. The molecule has 0 aromatic carbocycles. The zero-order chi connectivity index (χ0) is 22.5. The average Bonchev–Trinajstić information content (AvgIpc) is 3.55. The van der Waals surface area contributed by atoms with Crippen molar-refractivity contribution in [2.24, 2.45) is 0 Å². The van der Waals surface area contributed by atoms with E-state index in [-0.39, 0.29) is 0 Å². The van der Waals surface area contributed by atoms with Crippen LogP contribution in [-0.4, -0.2) is 23.0 Å². The lowest BCUT2D eigenvalue weighted by Gasteiger charge is -2.05. The first kappa shape index (κ1) is 27.7. The molecule has 0 aromatic rings. The second-order valence-corrected chi connectivity index (χ2v) is 21.0. The number of hydrogen-bond acceptors (Lipinski definition) is 12. The molecule has 0 bridgehead atoms. The standard InChI is InChI=1S/C20H22S12/c1-5-21-13-14(22-6-2)30-19(29-13)17-25-9-11(27-17)12-10-26-18(28-12)20-31-15(23-7-3)16(32-20)24-8-4/h9-10H,5-8H2,1-4H3. The minimum atomic E-state index is 1.14. The summed E-state index contributed by atoms with van der Waals surface area (Å²) < 4.78 is 11.9. The zero-order valence-corrected chi connectivity index (χ0v) is 27.7. The van der Waals surface area contributed by atoms with E-state index >= 15 is 0 Å². The Bertz CT molecular complexity index is 820. The van der Waals surface area contributed by atoms with E-state index in [1.807, 2.05) is 141 Å². The smallest absolute Gasteiger partial charge is 0.0717 e. The molecule has 0 atom stereocenters. The molecule has 4 aliphatic heterocycles. The van der Waals surface area contributed by atoms with Crippen LogP contribution in [-0.2, 0) is 0 Å². The Kier molecular flexibility index (Phi) is 12.1. The zero-order valence-electron chi connectivity index (χ0n) is 17.9. The first-order chi connectivity index (χ1) is 15.7. The second-order valence-electron chi connectivity index (χ2n) is 5.84. The van der Waals surface area contributed by atoms with Crippen LogP contribution in [0.25, 0.3) is 0 Å². The fourth-order valence-corrected chi connectivity index (χ4v) is 19.2. The summed E-state index contributed by atoms with van der Waals surface area (Å²) in [4.78, 5) is 2.83. The van der Waals surface area contributed by atoms with Gasteiger partial charge in [0.25, 0.3) is 0 Å². The summed E-state index contributed by atoms with van der Waals surface area (Å²) in [5.74, 6) is 4.57. The number of thioether (sulfide) groups is 12. The second kappa shape index (κ2) is 14.0. The van der Waals surface area contributed by atoms with E-state index in [1.54, 1.807) is 0 Å². The predicted molar refractivity (Wildman–Crippen MR) is 178 cm³/mol. The van der Waals surface area contributed by atoms with E-state index in [9.17, 15) is 0 Å². The summed E-state index contributed by atoms with van der Waals surface area (Å²) in [5, 5.41) is 4.73. The molecule has 0 aromatic heterocycles. The van der Waals surface area contributed by atoms with Crippen molar-refractivity contribution in [3.05, 3.63) is 54.5 Å². The van der Waals surface area contributed by atoms with Gasteiger partial charge in [0.15, 0.2) is 0 Å². The molecule has 4 aliphatic rings. The van der Waals surface area contributed by atoms with Gasteiger partial charge in [-0.25, -0.2) is 0 Å². The first-order valence-electron chi connectivity index (χ1n) is 9.96. The molecule has 12 heteroatoms. The summed E-state index contributed by atoms with van der Waals surface area (Å²) in [6.45, 7) is 9.00. The van der Waals surface area contributed by atoms with Crippen molar-refractivity contribution in [2.45, 2.75) is 27.7 Å². The van der Waals surface area contributed by atoms with Gasteiger partial charge in [-0.1, -0.05) is 122 Å². The van der Waals surface area contributed by atoms with Crippen LogP contribution in [0.3, 0.4) is 0 Å². The van der Waals surface area contributed by atoms with Crippen molar-refractivity contribution in [1.82, 2.24) is 0 Å². The van der Waals surface area contributed by atoms with E-state index in [2.05, 4.69) is 38.5 Å². The van der Waals surface area contributed by atoms with Gasteiger partial charge in [0.05, 0.1) is 33.9 Å². The lowest BCUT2D eigenvalue weighted by Crippen LogP contribution is -1.74. The molecular formula is C20H22S12. The molecule has 0 N–H and O–H groups in total. The van der Waals surface area contributed by atoms with Crippen molar-refractivity contribution < 1.29 is 0 Å². The number of rotatable bonds is 9. The van der Waals surface area contributed by atoms with Crippen LogP contribution >= 0.6 is 141 Å². The van der Waals surface area contributed by atoms with Crippen molar-refractivity contribution >= 4 is 141 Å². The number of hydrogen-bond donors (Lipinski definition) is 0. The highest BCUT2D eigenvalue weighted by Crippen LogP contribution is 2.66. The molecule has 0 amide bonds. The molecule has 4 rings (SSSR count). The Labute approximate surface area is 243 Å². The fraction of sp³-hybridized carbons (Fsp3) is 0.400. The Morgan fingerprint density at radius 2 is 0.781 bits per heavy atom. The Hall–Kier alpha value is 2.64. The highest BCUT2D eigenvalue weighted by Gasteiger charge is 2.31. The van der Waals surface area contributed by atoms with Crippen LogP contribution in [0.4, 0.5) is 0 Å². The van der Waals surface area contributed by atoms with E-state index in [0.29, 0.717) is 0 Å². The molecule has 0 saturated carbocycles. The summed E-state index contributed by atoms with van der Waals surface area (Å²) >= 11 is 23.7. The lowest BCUT2D eigenvalue weighted by molar-refractivity contribution is 1.53. The summed E-state index contributed by atoms with van der Waals surface area (Å²) in [7, 11) is 0. The molecule has 32 heavy (non-hydrogen) atoms. The predicted octanol–water partition coefficient (Wildman–Crippen LogP) is 12.1. The van der Waals surface area contributed by atoms with Gasteiger partial charge in [-0.2, -0.15) is 0 Å². The van der Waals surface area contributed by atoms with Crippen molar-refractivity contribution in [3.63, 3.8) is 0 Å². The van der Waals surface area contributed by atoms with Crippen LogP contribution in [0.5, 0.6) is 0 Å². The minimum absolute atomic E-state index is 1.14. The summed E-state index contributed by atoms with van der Waals surface area (Å²) in [5.41, 5.74) is 0. The topological polar surface area (TPSA) is 0 Å². The van der Waals surface area contributed by atoms with Crippen LogP contribution in [0.15, 0.2) is 54.5 Å². The van der Waals surface area contributed by atoms with Gasteiger partial charge >= 0.3 is 0 Å². The molecule has 0 fully saturated rings. The third-order valence-electron chi connectivity index (χ3n) is 3.70. The van der Waals surface area contributed by atoms with E-state index < -0.39 is 0 Å². The van der Waals surface area contributed by atoms with E-state index in [4.69, 9.17) is 0 Å². The van der Waals surface area contributed by atoms with E-state index in [1.165, 1.54) is 43.7 Å². The van der Waals surface area contributed by atoms with Gasteiger partial charge in [-0.3, -0.25) is 0 Å². The third kappa shape index (κ3) is 6.94. The van der Waals surface area contributed by atoms with Gasteiger partial charge in [0.2, 0.25) is 0 Å². The van der Waals surface area contributed by atoms with E-state index in [0.717, 1.165) is 23.0 Å². The van der Waals surface area contributed by atoms with Crippen molar-refractivity contribution in [3.8, 4) is 0 Å². The molecule has 0 saturated heterocycles. The Morgan fingerprint density at radius 3 is 1.06 bits per heavy atom. The molecular weight excluding hydrogens is 625 g/mol. The molecule has 0 spiro atoms. The Morgan fingerprint density at radius 1 is 0.469 bits per heavy atom. The lowest BCUT2D eigenvalue weighted by atomic mass is 10.6. The van der Waals surface area contributed by atoms with Gasteiger partial charge in [-0.05, 0) is 33.8 Å². The van der Waals surface area contributed by atoms with Crippen LogP contribution in [0.1, 0.15) is 27.7 Å². The highest BCUT2D eigenvalue weighted by molar-refractivity contribution is 8.43. The molecule has 0 unspecified atom stereocenters. The summed E-state index contributed by atoms with van der Waals surface area (Å²) in [6, 6.07) is 0. The molecule has 0 nitrogen and oxygen atoms in total. The SMILES string of the molecule is CCSC1=C(SCC)SC(=C2SC=C(C3=CSC(=C4SC(SCC)=C(SCC)S4)S3)S2)S1. The molecule has 174 valence electrons. The Balaban J connectivity index is 1.38. The van der Waals surface area contributed by atoms with Gasteiger partial charge in [-0.15, -0.1) is 47.0 Å². The van der Waals surface area contributed by atoms with Gasteiger partial charge < -0.3 is 0 Å². The average molecular weight is 647 g/mol. The normalized spacial score (nSPS) is 21.6. The largest absolute Gasteiger partial charge is 0.118 e. The van der Waals surface area contributed by atoms with Crippen LogP contribution < -0.4 is 0 Å². The quantitative estimate of drug-likeness (QED) is 0.234. The summed E-state index contributed by atoms with van der Waals surface area (Å²) in [6.07, 6.45) is 0. The van der Waals surface area contributed by atoms with Crippen LogP contribution in [0.2, 0.25) is 0 Å². The molecule has 0 radical (unpaired) electrons. The highest BCUT2D eigenvalue weighted by atomic mass is 32.3. The third-order valence-corrected chi connectivity index (χ3v) is 20.3. The fourth-order valence-electron chi connectivity index (χ4n) is 2.50. The maximum absolute atomic E-state index is 2.36. The molecule has 0 aliphatic carbocycles. The first-order valence-corrected chi connectivity index (χ1v) is 20.6. The maximum Gasteiger partial charge on any atom is 0.0717 e. The van der Waals surface area contributed by atoms with Crippen molar-refractivity contribution in [1.29, 1.82) is 0 Å². The monoisotopic (exact) mass is 646 g/mol. The maximum atomic E-state index is 2.36. The van der Waals surface area contributed by atoms with Gasteiger partial charge in [0.1, 0.15) is 0 Å². The van der Waals surface area contributed by atoms with Crippen LogP contribution in [0, 0.1) is 0 Å². The van der Waals surface area contributed by atoms with Gasteiger partial charge in [0, 0.05) is 9.81 Å². The minimum Gasteiger partial charge on any atom is -0.118 e. The van der Waals surface area contributed by atoms with Crippen molar-refractivity contribution in [2.75, 3.05) is 23.0 Å².